The van der Waals surface area contributed by atoms with Crippen LogP contribution < -0.4 is 16.8 Å². The molecule has 100 valence electrons. The number of nitrogens with two attached hydrogens (primary N) is 2. The number of nitrogen functional groups attached to an aromatic ring is 1. The molecule has 0 bridgehead atoms. The summed E-state index contributed by atoms with van der Waals surface area (Å²) in [5.41, 5.74) is 11.0. The molecule has 7 heteroatoms. The van der Waals surface area contributed by atoms with Gasteiger partial charge in [-0.05, 0) is 20.3 Å². The van der Waals surface area contributed by atoms with Crippen molar-refractivity contribution in [2.45, 2.75) is 39.2 Å². The Morgan fingerprint density at radius 3 is 2.56 bits per heavy atom. The number of carbonyl (C=O) groups is 2. The Hall–Kier alpha value is -2.05. The highest BCUT2D eigenvalue weighted by atomic mass is 16.2. The van der Waals surface area contributed by atoms with E-state index in [1.807, 2.05) is 6.92 Å². The molecular formula is C11H19N5O2. The molecule has 0 aromatic carbocycles. The summed E-state index contributed by atoms with van der Waals surface area (Å²) in [6.07, 6.45) is 1.60. The predicted molar refractivity (Wildman–Crippen MR) is 67.7 cm³/mol. The van der Waals surface area contributed by atoms with Crippen molar-refractivity contribution in [3.8, 4) is 0 Å². The van der Waals surface area contributed by atoms with E-state index in [9.17, 15) is 9.59 Å². The summed E-state index contributed by atoms with van der Waals surface area (Å²) in [7, 11) is 0. The zero-order chi connectivity index (χ0) is 13.9. The summed E-state index contributed by atoms with van der Waals surface area (Å²) >= 11 is 0. The molecule has 0 spiro atoms. The number of aromatic nitrogens is 2. The first kappa shape index (κ1) is 14.0. The maximum absolute atomic E-state index is 11.9. The van der Waals surface area contributed by atoms with Crippen LogP contribution in [0.4, 0.5) is 5.69 Å². The van der Waals surface area contributed by atoms with Crippen LogP contribution in [0.5, 0.6) is 0 Å². The highest BCUT2D eigenvalue weighted by Crippen LogP contribution is 2.16. The maximum Gasteiger partial charge on any atom is 0.274 e. The van der Waals surface area contributed by atoms with Gasteiger partial charge in [-0.25, -0.2) is 0 Å². The first-order valence-electron chi connectivity index (χ1n) is 5.74. The third-order valence-corrected chi connectivity index (χ3v) is 2.64. The number of primary amides is 1. The van der Waals surface area contributed by atoms with Crippen LogP contribution in [0.2, 0.25) is 0 Å². The number of carbonyl (C=O) groups excluding carboxylic acids is 2. The zero-order valence-corrected chi connectivity index (χ0v) is 10.8. The van der Waals surface area contributed by atoms with Crippen LogP contribution in [0.25, 0.3) is 0 Å². The summed E-state index contributed by atoms with van der Waals surface area (Å²) in [6.45, 7) is 5.03. The van der Waals surface area contributed by atoms with E-state index in [1.165, 1.54) is 13.8 Å². The second-order valence-corrected chi connectivity index (χ2v) is 4.66. The molecule has 1 heterocycles. The van der Waals surface area contributed by atoms with E-state index in [2.05, 4.69) is 15.5 Å². The third kappa shape index (κ3) is 2.79. The Labute approximate surface area is 105 Å². The molecular weight excluding hydrogens is 234 g/mol. The van der Waals surface area contributed by atoms with E-state index in [0.717, 1.165) is 12.1 Å². The van der Waals surface area contributed by atoms with Crippen molar-refractivity contribution in [1.29, 1.82) is 0 Å². The molecule has 6 N–H and O–H groups in total. The fraction of sp³-hybridized carbons (Fsp3) is 0.545. The van der Waals surface area contributed by atoms with Gasteiger partial charge in [0, 0.05) is 0 Å². The Morgan fingerprint density at radius 2 is 2.06 bits per heavy atom. The minimum Gasteiger partial charge on any atom is -0.395 e. The van der Waals surface area contributed by atoms with Gasteiger partial charge in [0.05, 0.1) is 11.4 Å². The van der Waals surface area contributed by atoms with Gasteiger partial charge in [-0.1, -0.05) is 13.3 Å². The van der Waals surface area contributed by atoms with Crippen molar-refractivity contribution in [2.24, 2.45) is 5.73 Å². The molecule has 1 aromatic heterocycles. The number of hydrogen-bond donors (Lipinski definition) is 4. The van der Waals surface area contributed by atoms with Crippen molar-refractivity contribution in [2.75, 3.05) is 5.73 Å². The van der Waals surface area contributed by atoms with Crippen molar-refractivity contribution < 1.29 is 9.59 Å². The molecule has 0 aliphatic rings. The molecule has 0 atom stereocenters. The zero-order valence-electron chi connectivity index (χ0n) is 10.8. The lowest BCUT2D eigenvalue weighted by Gasteiger charge is -2.21. The number of nitrogens with zero attached hydrogens (tertiary/aromatic N) is 1. The molecule has 2 amide bonds. The van der Waals surface area contributed by atoms with E-state index in [4.69, 9.17) is 11.5 Å². The van der Waals surface area contributed by atoms with Crippen LogP contribution in [-0.2, 0) is 11.2 Å². The maximum atomic E-state index is 11.9. The molecule has 0 unspecified atom stereocenters. The van der Waals surface area contributed by atoms with Gasteiger partial charge in [0.2, 0.25) is 5.91 Å². The number of aromatic amines is 1. The molecule has 0 saturated heterocycles. The molecule has 0 fully saturated rings. The molecule has 1 aromatic rings. The number of aryl methyl sites for hydroxylation is 1. The largest absolute Gasteiger partial charge is 0.395 e. The van der Waals surface area contributed by atoms with Gasteiger partial charge in [0.15, 0.2) is 5.69 Å². The summed E-state index contributed by atoms with van der Waals surface area (Å²) in [4.78, 5) is 23.1. The fourth-order valence-electron chi connectivity index (χ4n) is 1.41. The van der Waals surface area contributed by atoms with E-state index in [1.54, 1.807) is 0 Å². The van der Waals surface area contributed by atoms with Crippen LogP contribution in [0.3, 0.4) is 0 Å². The van der Waals surface area contributed by atoms with Gasteiger partial charge < -0.3 is 16.8 Å². The minimum atomic E-state index is -1.15. The minimum absolute atomic E-state index is 0.0905. The lowest BCUT2D eigenvalue weighted by atomic mass is 10.0. The Balaban J connectivity index is 2.89. The van der Waals surface area contributed by atoms with Gasteiger partial charge in [-0.15, -0.1) is 0 Å². The van der Waals surface area contributed by atoms with Crippen LogP contribution in [-0.4, -0.2) is 27.6 Å². The predicted octanol–water partition coefficient (Wildman–Crippen LogP) is -0.0619. The van der Waals surface area contributed by atoms with Crippen LogP contribution in [0, 0.1) is 0 Å². The first-order valence-corrected chi connectivity index (χ1v) is 5.74. The highest BCUT2D eigenvalue weighted by Gasteiger charge is 2.29. The van der Waals surface area contributed by atoms with Crippen molar-refractivity contribution in [3.05, 3.63) is 11.4 Å². The van der Waals surface area contributed by atoms with E-state index in [0.29, 0.717) is 12.1 Å². The van der Waals surface area contributed by atoms with Gasteiger partial charge in [-0.2, -0.15) is 5.10 Å². The fourth-order valence-corrected chi connectivity index (χ4v) is 1.41. The normalized spacial score (nSPS) is 11.3. The number of anilines is 1. The molecule has 0 radical (unpaired) electrons. The van der Waals surface area contributed by atoms with Crippen molar-refractivity contribution in [3.63, 3.8) is 0 Å². The first-order chi connectivity index (χ1) is 8.29. The monoisotopic (exact) mass is 253 g/mol. The second kappa shape index (κ2) is 5.07. The molecule has 1 rings (SSSR count). The Morgan fingerprint density at radius 1 is 1.44 bits per heavy atom. The van der Waals surface area contributed by atoms with Crippen molar-refractivity contribution in [1.82, 2.24) is 15.5 Å². The Kier molecular flexibility index (Phi) is 3.95. The third-order valence-electron chi connectivity index (χ3n) is 2.64. The summed E-state index contributed by atoms with van der Waals surface area (Å²) in [5.74, 6) is -1.14. The molecule has 18 heavy (non-hydrogen) atoms. The van der Waals surface area contributed by atoms with Crippen LogP contribution >= 0.6 is 0 Å². The quantitative estimate of drug-likeness (QED) is 0.586. The number of H-pyrrole nitrogens is 1. The van der Waals surface area contributed by atoms with Gasteiger partial charge in [0.25, 0.3) is 5.91 Å². The van der Waals surface area contributed by atoms with Gasteiger partial charge >= 0.3 is 0 Å². The summed E-state index contributed by atoms with van der Waals surface area (Å²) in [5, 5.41) is 9.07. The Bertz CT molecular complexity index is 464. The number of amides is 2. The van der Waals surface area contributed by atoms with Crippen molar-refractivity contribution >= 4 is 17.5 Å². The molecule has 0 saturated carbocycles. The lowest BCUT2D eigenvalue weighted by Crippen LogP contribution is -2.53. The van der Waals surface area contributed by atoms with Gasteiger partial charge in [0.1, 0.15) is 5.54 Å². The van der Waals surface area contributed by atoms with Crippen LogP contribution in [0.1, 0.15) is 43.4 Å². The van der Waals surface area contributed by atoms with E-state index < -0.39 is 17.4 Å². The smallest absolute Gasteiger partial charge is 0.274 e. The van der Waals surface area contributed by atoms with E-state index in [-0.39, 0.29) is 5.69 Å². The SMILES string of the molecule is CCCc1[nH]nc(C(=O)NC(C)(C)C(N)=O)c1N. The van der Waals surface area contributed by atoms with E-state index >= 15 is 0 Å². The molecule has 0 aliphatic carbocycles. The molecule has 7 nitrogen and oxygen atoms in total. The number of rotatable bonds is 5. The second-order valence-electron chi connectivity index (χ2n) is 4.66. The molecule has 0 aliphatic heterocycles. The standard InChI is InChI=1S/C11H19N5O2/c1-4-5-6-7(12)8(16-15-6)9(17)14-11(2,3)10(13)18/h4-5,12H2,1-3H3,(H2,13,18)(H,14,17)(H,15,16). The topological polar surface area (TPSA) is 127 Å². The summed E-state index contributed by atoms with van der Waals surface area (Å²) in [6, 6.07) is 0. The number of nitrogens with one attached hydrogen (secondary N) is 2. The lowest BCUT2D eigenvalue weighted by molar-refractivity contribution is -0.122. The highest BCUT2D eigenvalue weighted by molar-refractivity contribution is 6.00. The van der Waals surface area contributed by atoms with Crippen LogP contribution in [0.15, 0.2) is 0 Å². The average Bonchev–Trinajstić information content (AvgIpc) is 2.60. The number of hydrogen-bond acceptors (Lipinski definition) is 4. The average molecular weight is 253 g/mol. The van der Waals surface area contributed by atoms with Gasteiger partial charge in [-0.3, -0.25) is 14.7 Å². The summed E-state index contributed by atoms with van der Waals surface area (Å²) < 4.78 is 0.